The molecule has 0 radical (unpaired) electrons. The number of hydrogen-bond acceptors (Lipinski definition) is 5. The Labute approximate surface area is 144 Å². The third kappa shape index (κ3) is 5.40. The molecule has 0 saturated carbocycles. The standard InChI is InChI=1S/C17H17N3O5/c1-25-11-12-4-2-6-14(8-12)19-16(21)10-18-17(22)13-5-3-7-15(9-13)20(23)24/h2-9H,10-11H2,1H3,(H,18,22)(H,19,21). The van der Waals surface area contributed by atoms with Crippen molar-refractivity contribution < 1.29 is 19.2 Å². The van der Waals surface area contributed by atoms with Crippen molar-refractivity contribution in [3.63, 3.8) is 0 Å². The van der Waals surface area contributed by atoms with Gasteiger partial charge in [0.1, 0.15) is 0 Å². The van der Waals surface area contributed by atoms with Crippen molar-refractivity contribution in [2.45, 2.75) is 6.61 Å². The van der Waals surface area contributed by atoms with E-state index in [-0.39, 0.29) is 17.8 Å². The van der Waals surface area contributed by atoms with Crippen molar-refractivity contribution >= 4 is 23.2 Å². The van der Waals surface area contributed by atoms with Crippen LogP contribution in [0.5, 0.6) is 0 Å². The summed E-state index contributed by atoms with van der Waals surface area (Å²) in [4.78, 5) is 34.0. The topological polar surface area (TPSA) is 111 Å². The maximum Gasteiger partial charge on any atom is 0.270 e. The second-order valence-electron chi connectivity index (χ2n) is 5.17. The summed E-state index contributed by atoms with van der Waals surface area (Å²) in [7, 11) is 1.58. The Hall–Kier alpha value is -3.26. The minimum absolute atomic E-state index is 0.115. The molecule has 8 nitrogen and oxygen atoms in total. The lowest BCUT2D eigenvalue weighted by atomic mass is 10.2. The summed E-state index contributed by atoms with van der Waals surface area (Å²) in [5.74, 6) is -0.972. The van der Waals surface area contributed by atoms with Crippen molar-refractivity contribution in [1.29, 1.82) is 0 Å². The van der Waals surface area contributed by atoms with Crippen molar-refractivity contribution in [3.05, 3.63) is 69.8 Å². The molecular formula is C17H17N3O5. The highest BCUT2D eigenvalue weighted by Crippen LogP contribution is 2.13. The molecule has 2 aromatic carbocycles. The van der Waals surface area contributed by atoms with Gasteiger partial charge in [0.15, 0.2) is 0 Å². The fraction of sp³-hybridized carbons (Fsp3) is 0.176. The maximum atomic E-state index is 12.0. The van der Waals surface area contributed by atoms with Crippen LogP contribution in [-0.2, 0) is 16.1 Å². The molecule has 0 fully saturated rings. The number of nitro groups is 1. The summed E-state index contributed by atoms with van der Waals surface area (Å²) in [6.07, 6.45) is 0. The molecule has 0 aliphatic carbocycles. The van der Waals surface area contributed by atoms with Gasteiger partial charge in [0.2, 0.25) is 5.91 Å². The van der Waals surface area contributed by atoms with Gasteiger partial charge in [-0.2, -0.15) is 0 Å². The van der Waals surface area contributed by atoms with Gasteiger partial charge in [0.05, 0.1) is 18.1 Å². The van der Waals surface area contributed by atoms with Crippen LogP contribution >= 0.6 is 0 Å². The minimum atomic E-state index is -0.587. The van der Waals surface area contributed by atoms with Crippen LogP contribution in [0.1, 0.15) is 15.9 Å². The molecule has 0 atom stereocenters. The van der Waals surface area contributed by atoms with E-state index < -0.39 is 16.7 Å². The van der Waals surface area contributed by atoms with Gasteiger partial charge in [-0.3, -0.25) is 19.7 Å². The highest BCUT2D eigenvalue weighted by Gasteiger charge is 2.12. The Balaban J connectivity index is 1.91. The number of nitro benzene ring substituents is 1. The smallest absolute Gasteiger partial charge is 0.270 e. The van der Waals surface area contributed by atoms with Crippen LogP contribution in [0, 0.1) is 10.1 Å². The zero-order valence-electron chi connectivity index (χ0n) is 13.5. The van der Waals surface area contributed by atoms with Gasteiger partial charge in [-0.1, -0.05) is 18.2 Å². The SMILES string of the molecule is COCc1cccc(NC(=O)CNC(=O)c2cccc([N+](=O)[O-])c2)c1. The van der Waals surface area contributed by atoms with E-state index in [0.717, 1.165) is 11.6 Å². The van der Waals surface area contributed by atoms with E-state index in [9.17, 15) is 19.7 Å². The summed E-state index contributed by atoms with van der Waals surface area (Å²) in [5.41, 5.74) is 1.42. The monoisotopic (exact) mass is 343 g/mol. The zero-order valence-corrected chi connectivity index (χ0v) is 13.5. The van der Waals surface area contributed by atoms with E-state index in [4.69, 9.17) is 4.74 Å². The zero-order chi connectivity index (χ0) is 18.2. The molecule has 2 rings (SSSR count). The van der Waals surface area contributed by atoms with Crippen LogP contribution in [0.25, 0.3) is 0 Å². The molecule has 0 spiro atoms. The lowest BCUT2D eigenvalue weighted by Gasteiger charge is -2.08. The fourth-order valence-electron chi connectivity index (χ4n) is 2.13. The number of hydrogen-bond donors (Lipinski definition) is 2. The Bertz CT molecular complexity index is 791. The fourth-order valence-corrected chi connectivity index (χ4v) is 2.13. The molecule has 0 saturated heterocycles. The summed E-state index contributed by atoms with van der Waals surface area (Å²) < 4.78 is 5.02. The molecule has 0 aliphatic heterocycles. The van der Waals surface area contributed by atoms with Crippen LogP contribution < -0.4 is 10.6 Å². The molecule has 0 heterocycles. The van der Waals surface area contributed by atoms with E-state index in [0.29, 0.717) is 12.3 Å². The van der Waals surface area contributed by atoms with E-state index >= 15 is 0 Å². The number of non-ortho nitro benzene ring substituents is 1. The van der Waals surface area contributed by atoms with E-state index in [1.165, 1.54) is 18.2 Å². The number of methoxy groups -OCH3 is 1. The highest BCUT2D eigenvalue weighted by molar-refractivity contribution is 5.99. The van der Waals surface area contributed by atoms with Gasteiger partial charge in [0, 0.05) is 30.5 Å². The van der Waals surface area contributed by atoms with E-state index in [2.05, 4.69) is 10.6 Å². The van der Waals surface area contributed by atoms with E-state index in [1.807, 2.05) is 6.07 Å². The molecular weight excluding hydrogens is 326 g/mol. The molecule has 2 N–H and O–H groups in total. The molecule has 0 aliphatic rings. The van der Waals surface area contributed by atoms with Crippen molar-refractivity contribution in [2.24, 2.45) is 0 Å². The first-order valence-electron chi connectivity index (χ1n) is 7.40. The Morgan fingerprint density at radius 2 is 1.92 bits per heavy atom. The number of benzene rings is 2. The average molecular weight is 343 g/mol. The first-order chi connectivity index (χ1) is 12.0. The third-order valence-corrected chi connectivity index (χ3v) is 3.25. The quantitative estimate of drug-likeness (QED) is 0.591. The van der Waals surface area contributed by atoms with Crippen molar-refractivity contribution in [1.82, 2.24) is 5.32 Å². The van der Waals surface area contributed by atoms with Crippen LogP contribution in [0.4, 0.5) is 11.4 Å². The Morgan fingerprint density at radius 3 is 2.64 bits per heavy atom. The van der Waals surface area contributed by atoms with Gasteiger partial charge >= 0.3 is 0 Å². The van der Waals surface area contributed by atoms with Gasteiger partial charge in [0.25, 0.3) is 11.6 Å². The molecule has 2 amide bonds. The van der Waals surface area contributed by atoms with Gasteiger partial charge in [-0.25, -0.2) is 0 Å². The van der Waals surface area contributed by atoms with Crippen LogP contribution in [0.2, 0.25) is 0 Å². The number of anilines is 1. The third-order valence-electron chi connectivity index (χ3n) is 3.25. The number of rotatable bonds is 7. The first-order valence-corrected chi connectivity index (χ1v) is 7.40. The average Bonchev–Trinajstić information content (AvgIpc) is 2.60. The number of ether oxygens (including phenoxy) is 1. The predicted molar refractivity (Wildman–Crippen MR) is 91.2 cm³/mol. The van der Waals surface area contributed by atoms with Crippen LogP contribution in [0.15, 0.2) is 48.5 Å². The van der Waals surface area contributed by atoms with Crippen molar-refractivity contribution in [2.75, 3.05) is 19.0 Å². The number of amides is 2. The minimum Gasteiger partial charge on any atom is -0.380 e. The molecule has 0 unspecified atom stereocenters. The van der Waals surface area contributed by atoms with Gasteiger partial charge < -0.3 is 15.4 Å². The highest BCUT2D eigenvalue weighted by atomic mass is 16.6. The van der Waals surface area contributed by atoms with Crippen LogP contribution in [-0.4, -0.2) is 30.4 Å². The summed E-state index contributed by atoms with van der Waals surface area (Å²) in [6.45, 7) is 0.170. The van der Waals surface area contributed by atoms with Crippen LogP contribution in [0.3, 0.4) is 0 Å². The molecule has 25 heavy (non-hydrogen) atoms. The normalized spacial score (nSPS) is 10.1. The number of carbonyl (C=O) groups is 2. The molecule has 2 aromatic rings. The Kier molecular flexibility index (Phi) is 6.19. The Morgan fingerprint density at radius 1 is 1.16 bits per heavy atom. The molecule has 8 heteroatoms. The largest absolute Gasteiger partial charge is 0.380 e. The van der Waals surface area contributed by atoms with E-state index in [1.54, 1.807) is 25.3 Å². The maximum absolute atomic E-state index is 12.0. The number of nitrogens with zero attached hydrogens (tertiary/aromatic N) is 1. The lowest BCUT2D eigenvalue weighted by molar-refractivity contribution is -0.384. The molecule has 0 bridgehead atoms. The van der Waals surface area contributed by atoms with Gasteiger partial charge in [-0.15, -0.1) is 0 Å². The first kappa shape index (κ1) is 18.1. The van der Waals surface area contributed by atoms with Crippen molar-refractivity contribution in [3.8, 4) is 0 Å². The second-order valence-corrected chi connectivity index (χ2v) is 5.17. The molecule has 0 aromatic heterocycles. The lowest BCUT2D eigenvalue weighted by Crippen LogP contribution is -2.32. The summed E-state index contributed by atoms with van der Waals surface area (Å²) in [6, 6.07) is 12.4. The van der Waals surface area contributed by atoms with Gasteiger partial charge in [-0.05, 0) is 23.8 Å². The number of nitrogens with one attached hydrogen (secondary N) is 2. The summed E-state index contributed by atoms with van der Waals surface area (Å²) >= 11 is 0. The number of carbonyl (C=O) groups excluding carboxylic acids is 2. The predicted octanol–water partition coefficient (Wildman–Crippen LogP) is 2.11. The molecule has 130 valence electrons. The summed E-state index contributed by atoms with van der Waals surface area (Å²) in [5, 5.41) is 15.8. The second kappa shape index (κ2) is 8.55.